The number of amides is 1. The molecule has 2 heterocycles. The molecular formula is C23H18BrFN4O2. The first-order chi connectivity index (χ1) is 15.0. The summed E-state index contributed by atoms with van der Waals surface area (Å²) < 4.78 is 15.0. The van der Waals surface area contributed by atoms with Crippen LogP contribution < -0.4 is 0 Å². The van der Waals surface area contributed by atoms with Gasteiger partial charge in [0.2, 0.25) is 0 Å². The fourth-order valence-electron chi connectivity index (χ4n) is 3.79. The number of hydrogen-bond donors (Lipinski definition) is 1. The lowest BCUT2D eigenvalue weighted by atomic mass is 10.1. The Bertz CT molecular complexity index is 1220. The summed E-state index contributed by atoms with van der Waals surface area (Å²) in [5.41, 5.74) is 2.16. The Balaban J connectivity index is 1.50. The van der Waals surface area contributed by atoms with Crippen molar-refractivity contribution in [3.63, 3.8) is 0 Å². The fourth-order valence-corrected chi connectivity index (χ4v) is 4.23. The Labute approximate surface area is 186 Å². The molecule has 3 aromatic rings. The highest BCUT2D eigenvalue weighted by molar-refractivity contribution is 9.10. The third-order valence-corrected chi connectivity index (χ3v) is 6.01. The zero-order valence-electron chi connectivity index (χ0n) is 16.4. The van der Waals surface area contributed by atoms with E-state index in [1.54, 1.807) is 6.07 Å². The van der Waals surface area contributed by atoms with Gasteiger partial charge >= 0.3 is 0 Å². The van der Waals surface area contributed by atoms with E-state index in [0.29, 0.717) is 36.2 Å². The summed E-state index contributed by atoms with van der Waals surface area (Å²) in [7, 11) is 0. The zero-order valence-corrected chi connectivity index (χ0v) is 18.0. The summed E-state index contributed by atoms with van der Waals surface area (Å²) in [6, 6.07) is 14.4. The Kier molecular flexibility index (Phi) is 5.87. The van der Waals surface area contributed by atoms with Gasteiger partial charge in [-0.1, -0.05) is 30.3 Å². The molecular weight excluding hydrogens is 463 g/mol. The Morgan fingerprint density at radius 3 is 2.42 bits per heavy atom. The highest BCUT2D eigenvalue weighted by Crippen LogP contribution is 2.29. The van der Waals surface area contributed by atoms with Crippen LogP contribution >= 0.6 is 15.9 Å². The smallest absolute Gasteiger partial charge is 0.295 e. The van der Waals surface area contributed by atoms with Gasteiger partial charge in [-0.05, 0) is 33.6 Å². The lowest BCUT2D eigenvalue weighted by molar-refractivity contribution is -0.127. The van der Waals surface area contributed by atoms with Gasteiger partial charge in [0.25, 0.3) is 11.7 Å². The van der Waals surface area contributed by atoms with Crippen LogP contribution in [0.1, 0.15) is 15.9 Å². The van der Waals surface area contributed by atoms with E-state index in [4.69, 9.17) is 0 Å². The van der Waals surface area contributed by atoms with Crippen LogP contribution in [0.4, 0.5) is 4.39 Å². The summed E-state index contributed by atoms with van der Waals surface area (Å²) >= 11 is 3.32. The second-order valence-corrected chi connectivity index (χ2v) is 7.97. The Morgan fingerprint density at radius 1 is 1.06 bits per heavy atom. The van der Waals surface area contributed by atoms with Gasteiger partial charge in [0.15, 0.2) is 0 Å². The van der Waals surface area contributed by atoms with E-state index in [2.05, 4.69) is 27.0 Å². The van der Waals surface area contributed by atoms with E-state index < -0.39 is 17.5 Å². The minimum atomic E-state index is -0.743. The number of aromatic nitrogens is 1. The maximum Gasteiger partial charge on any atom is 0.295 e. The number of benzene rings is 2. The van der Waals surface area contributed by atoms with Gasteiger partial charge in [-0.3, -0.25) is 9.59 Å². The zero-order chi connectivity index (χ0) is 22.0. The number of nitrogens with one attached hydrogen (secondary N) is 1. The predicted molar refractivity (Wildman–Crippen MR) is 118 cm³/mol. The van der Waals surface area contributed by atoms with Crippen LogP contribution in [0.2, 0.25) is 0 Å². The van der Waals surface area contributed by atoms with Crippen LogP contribution in [0.15, 0.2) is 59.2 Å². The molecule has 1 aliphatic heterocycles. The lowest BCUT2D eigenvalue weighted by Gasteiger charge is -2.37. The number of allylic oxidation sites excluding steroid dienone is 1. The molecule has 1 amide bonds. The number of ketones is 1. The summed E-state index contributed by atoms with van der Waals surface area (Å²) in [4.78, 5) is 32.1. The third-order valence-electron chi connectivity index (χ3n) is 5.35. The predicted octanol–water partition coefficient (Wildman–Crippen LogP) is 3.96. The summed E-state index contributed by atoms with van der Waals surface area (Å²) in [6.45, 7) is 1.62. The largest absolute Gasteiger partial charge is 0.367 e. The van der Waals surface area contributed by atoms with Crippen molar-refractivity contribution in [1.82, 2.24) is 14.8 Å². The maximum atomic E-state index is 14.3. The first kappa shape index (κ1) is 20.8. The molecule has 0 unspecified atom stereocenters. The molecule has 0 radical (unpaired) electrons. The average Bonchev–Trinajstić information content (AvgIpc) is 3.26. The highest BCUT2D eigenvalue weighted by atomic mass is 79.9. The van der Waals surface area contributed by atoms with Crippen LogP contribution in [0, 0.1) is 17.1 Å². The van der Waals surface area contributed by atoms with Crippen molar-refractivity contribution in [2.75, 3.05) is 26.2 Å². The van der Waals surface area contributed by atoms with Crippen molar-refractivity contribution in [3.05, 3.63) is 76.2 Å². The number of H-pyrrole nitrogens is 1. The molecule has 31 heavy (non-hydrogen) atoms. The molecule has 4 rings (SSSR count). The number of nitriles is 1. The summed E-state index contributed by atoms with van der Waals surface area (Å²) in [6.07, 6.45) is 2.86. The van der Waals surface area contributed by atoms with Crippen LogP contribution in [0.5, 0.6) is 0 Å². The van der Waals surface area contributed by atoms with Gasteiger partial charge in [0.1, 0.15) is 5.82 Å². The molecule has 6 nitrogen and oxygen atoms in total. The number of halogens is 2. The second kappa shape index (κ2) is 8.74. The number of carbonyl (C=O) groups excluding carboxylic acids is 2. The van der Waals surface area contributed by atoms with Crippen molar-refractivity contribution in [2.24, 2.45) is 0 Å². The molecule has 0 aliphatic carbocycles. The summed E-state index contributed by atoms with van der Waals surface area (Å²) in [5.74, 6) is -1.97. The van der Waals surface area contributed by atoms with Crippen LogP contribution in [-0.4, -0.2) is 52.7 Å². The number of rotatable bonds is 4. The third kappa shape index (κ3) is 3.97. The van der Waals surface area contributed by atoms with Gasteiger partial charge in [0, 0.05) is 48.3 Å². The Morgan fingerprint density at radius 2 is 1.74 bits per heavy atom. The van der Waals surface area contributed by atoms with Crippen LogP contribution in [0.3, 0.4) is 0 Å². The number of nitrogens with zero attached hydrogens (tertiary/aromatic N) is 3. The molecule has 2 aromatic carbocycles. The van der Waals surface area contributed by atoms with Crippen LogP contribution in [0.25, 0.3) is 16.6 Å². The first-order valence-corrected chi connectivity index (χ1v) is 10.5. The average molecular weight is 481 g/mol. The van der Waals surface area contributed by atoms with E-state index in [9.17, 15) is 19.2 Å². The van der Waals surface area contributed by atoms with Gasteiger partial charge in [0.05, 0.1) is 22.8 Å². The maximum absolute atomic E-state index is 14.3. The number of piperazine rings is 1. The normalized spacial score (nSPS) is 14.5. The molecule has 1 aromatic heterocycles. The molecule has 0 saturated carbocycles. The van der Waals surface area contributed by atoms with E-state index in [1.165, 1.54) is 23.2 Å². The minimum absolute atomic E-state index is 0.0237. The molecule has 1 aliphatic rings. The topological polar surface area (TPSA) is 80.2 Å². The van der Waals surface area contributed by atoms with Crippen molar-refractivity contribution in [1.29, 1.82) is 5.26 Å². The number of Topliss-reactive ketones (excluding diaryl/α,β-unsaturated/α-hetero) is 1. The molecule has 156 valence electrons. The van der Waals surface area contributed by atoms with Gasteiger partial charge in [-0.25, -0.2) is 4.39 Å². The molecule has 1 N–H and O–H groups in total. The molecule has 8 heteroatoms. The number of hydrogen-bond acceptors (Lipinski definition) is 4. The minimum Gasteiger partial charge on any atom is -0.367 e. The van der Waals surface area contributed by atoms with Crippen molar-refractivity contribution in [2.45, 2.75) is 0 Å². The van der Waals surface area contributed by atoms with E-state index >= 15 is 0 Å². The lowest BCUT2D eigenvalue weighted by Crippen LogP contribution is -2.49. The molecule has 1 saturated heterocycles. The van der Waals surface area contributed by atoms with Gasteiger partial charge in [-0.15, -0.1) is 0 Å². The van der Waals surface area contributed by atoms with Crippen LogP contribution in [-0.2, 0) is 4.79 Å². The van der Waals surface area contributed by atoms with E-state index in [1.807, 2.05) is 35.2 Å². The van der Waals surface area contributed by atoms with E-state index in [-0.39, 0.29) is 10.9 Å². The first-order valence-electron chi connectivity index (χ1n) is 9.70. The summed E-state index contributed by atoms with van der Waals surface area (Å²) in [5, 5.41) is 9.28. The number of carbonyl (C=O) groups is 2. The monoisotopic (exact) mass is 480 g/mol. The van der Waals surface area contributed by atoms with Gasteiger partial charge in [-0.2, -0.15) is 5.26 Å². The van der Waals surface area contributed by atoms with E-state index in [0.717, 1.165) is 11.3 Å². The van der Waals surface area contributed by atoms with Crippen molar-refractivity contribution >= 4 is 44.2 Å². The Hall–Kier alpha value is -3.44. The van der Waals surface area contributed by atoms with Crippen molar-refractivity contribution < 1.29 is 14.0 Å². The highest BCUT2D eigenvalue weighted by Gasteiger charge is 2.30. The standard InChI is InChI=1S/C23H18BrFN4O2/c24-17-6-7-18(25)20-16(14-27-21(17)20)22(30)23(31)29-12-10-28(11-13-29)19(8-9-26)15-4-2-1-3-5-15/h1-8,14,27H,10-13H2. The fraction of sp³-hybridized carbons (Fsp3) is 0.174. The number of aromatic amines is 1. The SMILES string of the molecule is N#CC=C(c1ccccc1)N1CCN(C(=O)C(=O)c2c[nH]c3c(Br)ccc(F)c23)CC1. The molecule has 0 atom stereocenters. The quantitative estimate of drug-likeness (QED) is 0.348. The van der Waals surface area contributed by atoms with Crippen molar-refractivity contribution in [3.8, 4) is 6.07 Å². The molecule has 1 fully saturated rings. The number of fused-ring (bicyclic) bond motifs is 1. The second-order valence-electron chi connectivity index (χ2n) is 7.11. The van der Waals surface area contributed by atoms with Gasteiger partial charge < -0.3 is 14.8 Å². The molecule has 0 spiro atoms. The molecule has 0 bridgehead atoms.